The van der Waals surface area contributed by atoms with Crippen molar-refractivity contribution in [1.29, 1.82) is 0 Å². The number of carbonyl (C=O) groups excluding carboxylic acids is 2. The Bertz CT molecular complexity index is 508. The molecule has 0 bridgehead atoms. The fraction of sp³-hybridized carbons (Fsp3) is 0.625. The number of rotatable bonds is 4. The lowest BCUT2D eigenvalue weighted by atomic mass is 9.97. The Labute approximate surface area is 129 Å². The summed E-state index contributed by atoms with van der Waals surface area (Å²) in [4.78, 5) is 26.3. The number of likely N-dealkylation sites (tertiary alicyclic amines) is 1. The summed E-state index contributed by atoms with van der Waals surface area (Å²) in [5, 5.41) is 2.96. The van der Waals surface area contributed by atoms with E-state index in [9.17, 15) is 9.59 Å². The molecule has 0 spiro atoms. The Morgan fingerprint density at radius 2 is 2.23 bits per heavy atom. The van der Waals surface area contributed by atoms with Crippen molar-refractivity contribution in [3.8, 4) is 0 Å². The van der Waals surface area contributed by atoms with E-state index in [1.54, 1.807) is 17.0 Å². The third kappa shape index (κ3) is 3.50. The molecular formula is C16H22N2O4. The Morgan fingerprint density at radius 3 is 2.95 bits per heavy atom. The van der Waals surface area contributed by atoms with Crippen LogP contribution in [0.3, 0.4) is 0 Å². The molecule has 0 saturated carbocycles. The van der Waals surface area contributed by atoms with Gasteiger partial charge in [0.05, 0.1) is 18.3 Å². The first kappa shape index (κ1) is 15.1. The molecule has 2 aliphatic rings. The molecule has 0 aromatic carbocycles. The molecule has 1 aromatic heterocycles. The van der Waals surface area contributed by atoms with Crippen molar-refractivity contribution in [1.82, 2.24) is 10.2 Å². The molecule has 6 nitrogen and oxygen atoms in total. The second kappa shape index (κ2) is 6.96. The van der Waals surface area contributed by atoms with Gasteiger partial charge in [0.2, 0.25) is 5.91 Å². The van der Waals surface area contributed by atoms with Crippen LogP contribution in [0.2, 0.25) is 0 Å². The van der Waals surface area contributed by atoms with Gasteiger partial charge >= 0.3 is 0 Å². The van der Waals surface area contributed by atoms with Crippen LogP contribution in [0, 0.1) is 5.92 Å². The molecule has 2 atom stereocenters. The van der Waals surface area contributed by atoms with Crippen LogP contribution in [0.25, 0.3) is 0 Å². The minimum Gasteiger partial charge on any atom is -0.459 e. The molecule has 3 rings (SSSR count). The number of ether oxygens (including phenoxy) is 1. The number of amides is 2. The predicted octanol–water partition coefficient (Wildman–Crippen LogP) is 1.43. The van der Waals surface area contributed by atoms with Crippen LogP contribution in [0.1, 0.15) is 36.2 Å². The highest BCUT2D eigenvalue weighted by Gasteiger charge is 2.30. The minimum absolute atomic E-state index is 0.0208. The van der Waals surface area contributed by atoms with Gasteiger partial charge in [-0.1, -0.05) is 0 Å². The molecule has 22 heavy (non-hydrogen) atoms. The minimum atomic E-state index is -0.144. The monoisotopic (exact) mass is 306 g/mol. The average molecular weight is 306 g/mol. The Kier molecular flexibility index (Phi) is 4.77. The summed E-state index contributed by atoms with van der Waals surface area (Å²) in [6, 6.07) is 3.35. The van der Waals surface area contributed by atoms with Gasteiger partial charge < -0.3 is 19.4 Å². The third-order valence-electron chi connectivity index (χ3n) is 4.34. The maximum Gasteiger partial charge on any atom is 0.289 e. The number of hydrogen-bond donors (Lipinski definition) is 1. The van der Waals surface area contributed by atoms with Gasteiger partial charge in [-0.15, -0.1) is 0 Å². The Hall–Kier alpha value is -1.82. The van der Waals surface area contributed by atoms with Gasteiger partial charge in [0.25, 0.3) is 5.91 Å². The quantitative estimate of drug-likeness (QED) is 0.913. The van der Waals surface area contributed by atoms with Crippen molar-refractivity contribution in [2.75, 3.05) is 26.2 Å². The molecule has 3 heterocycles. The molecule has 1 N–H and O–H groups in total. The number of furan rings is 1. The first-order valence-corrected chi connectivity index (χ1v) is 7.96. The summed E-state index contributed by atoms with van der Waals surface area (Å²) in [6.45, 7) is 2.49. The van der Waals surface area contributed by atoms with E-state index in [-0.39, 0.29) is 23.8 Å². The average Bonchev–Trinajstić information content (AvgIpc) is 3.25. The molecule has 1 aromatic rings. The van der Waals surface area contributed by atoms with Crippen molar-refractivity contribution in [2.24, 2.45) is 5.92 Å². The van der Waals surface area contributed by atoms with Gasteiger partial charge in [0.1, 0.15) is 0 Å². The van der Waals surface area contributed by atoms with Gasteiger partial charge in [0.15, 0.2) is 5.76 Å². The number of hydrogen-bond acceptors (Lipinski definition) is 4. The molecule has 2 unspecified atom stereocenters. The van der Waals surface area contributed by atoms with E-state index in [1.165, 1.54) is 6.26 Å². The van der Waals surface area contributed by atoms with Crippen LogP contribution in [0.15, 0.2) is 22.8 Å². The van der Waals surface area contributed by atoms with Crippen LogP contribution < -0.4 is 5.32 Å². The standard InChI is InChI=1S/C16H22N2O4/c19-15(17-10-13-5-2-8-21-13)12-4-1-7-18(11-12)16(20)14-6-3-9-22-14/h3,6,9,12-13H,1-2,4-5,7-8,10-11H2,(H,17,19). The summed E-state index contributed by atoms with van der Waals surface area (Å²) < 4.78 is 10.7. The molecular weight excluding hydrogens is 284 g/mol. The van der Waals surface area contributed by atoms with Crippen LogP contribution in [0.4, 0.5) is 0 Å². The number of carbonyl (C=O) groups is 2. The molecule has 0 aliphatic carbocycles. The van der Waals surface area contributed by atoms with Crippen molar-refractivity contribution in [2.45, 2.75) is 31.8 Å². The SMILES string of the molecule is O=C(NCC1CCCO1)C1CCCN(C(=O)c2ccco2)C1. The molecule has 6 heteroatoms. The van der Waals surface area contributed by atoms with Crippen LogP contribution in [-0.4, -0.2) is 49.1 Å². The second-order valence-electron chi connectivity index (χ2n) is 5.95. The molecule has 0 radical (unpaired) electrons. The predicted molar refractivity (Wildman–Crippen MR) is 79.3 cm³/mol. The summed E-state index contributed by atoms with van der Waals surface area (Å²) in [7, 11) is 0. The summed E-state index contributed by atoms with van der Waals surface area (Å²) in [6.07, 6.45) is 5.37. The zero-order valence-electron chi connectivity index (χ0n) is 12.6. The largest absolute Gasteiger partial charge is 0.459 e. The van der Waals surface area contributed by atoms with E-state index in [1.807, 2.05) is 0 Å². The highest BCUT2D eigenvalue weighted by molar-refractivity contribution is 5.92. The third-order valence-corrected chi connectivity index (χ3v) is 4.34. The first-order valence-electron chi connectivity index (χ1n) is 7.96. The second-order valence-corrected chi connectivity index (χ2v) is 5.95. The van der Waals surface area contributed by atoms with Gasteiger partial charge in [0, 0.05) is 26.2 Å². The lowest BCUT2D eigenvalue weighted by Crippen LogP contribution is -2.46. The van der Waals surface area contributed by atoms with Crippen molar-refractivity contribution in [3.63, 3.8) is 0 Å². The van der Waals surface area contributed by atoms with Crippen molar-refractivity contribution < 1.29 is 18.7 Å². The van der Waals surface area contributed by atoms with E-state index in [4.69, 9.17) is 9.15 Å². The van der Waals surface area contributed by atoms with Gasteiger partial charge in [-0.05, 0) is 37.8 Å². The Balaban J connectivity index is 1.51. The van der Waals surface area contributed by atoms with Crippen molar-refractivity contribution in [3.05, 3.63) is 24.2 Å². The van der Waals surface area contributed by atoms with E-state index in [0.29, 0.717) is 25.4 Å². The maximum atomic E-state index is 12.3. The molecule has 120 valence electrons. The summed E-state index contributed by atoms with van der Waals surface area (Å²) in [5.41, 5.74) is 0. The topological polar surface area (TPSA) is 71.8 Å². The highest BCUT2D eigenvalue weighted by Crippen LogP contribution is 2.19. The summed E-state index contributed by atoms with van der Waals surface area (Å²) in [5.74, 6) is 0.0727. The van der Waals surface area contributed by atoms with Crippen LogP contribution in [0.5, 0.6) is 0 Å². The highest BCUT2D eigenvalue weighted by atomic mass is 16.5. The smallest absolute Gasteiger partial charge is 0.289 e. The van der Waals surface area contributed by atoms with Gasteiger partial charge in [-0.2, -0.15) is 0 Å². The van der Waals surface area contributed by atoms with E-state index < -0.39 is 0 Å². The molecule has 2 saturated heterocycles. The van der Waals surface area contributed by atoms with Crippen molar-refractivity contribution >= 4 is 11.8 Å². The Morgan fingerprint density at radius 1 is 1.32 bits per heavy atom. The lowest BCUT2D eigenvalue weighted by Gasteiger charge is -2.31. The number of nitrogens with zero attached hydrogens (tertiary/aromatic N) is 1. The number of nitrogens with one attached hydrogen (secondary N) is 1. The van der Waals surface area contributed by atoms with Crippen LogP contribution in [-0.2, 0) is 9.53 Å². The molecule has 2 aliphatic heterocycles. The zero-order valence-corrected chi connectivity index (χ0v) is 12.6. The molecule has 2 fully saturated rings. The maximum absolute atomic E-state index is 12.3. The van der Waals surface area contributed by atoms with Crippen LogP contribution >= 0.6 is 0 Å². The lowest BCUT2D eigenvalue weighted by molar-refractivity contribution is -0.126. The van der Waals surface area contributed by atoms with E-state index in [2.05, 4.69) is 5.32 Å². The summed E-state index contributed by atoms with van der Waals surface area (Å²) >= 11 is 0. The van der Waals surface area contributed by atoms with Gasteiger partial charge in [-0.25, -0.2) is 0 Å². The number of piperidine rings is 1. The van der Waals surface area contributed by atoms with E-state index >= 15 is 0 Å². The first-order chi connectivity index (χ1) is 10.7. The fourth-order valence-electron chi connectivity index (χ4n) is 3.10. The molecule has 2 amide bonds. The van der Waals surface area contributed by atoms with E-state index in [0.717, 1.165) is 32.3 Å². The van der Waals surface area contributed by atoms with Gasteiger partial charge in [-0.3, -0.25) is 9.59 Å². The fourth-order valence-corrected chi connectivity index (χ4v) is 3.10. The normalized spacial score (nSPS) is 25.2. The zero-order chi connectivity index (χ0) is 15.4.